The number of anilines is 1. The molecule has 2 aromatic rings. The number of carboxylic acids is 1. The second kappa shape index (κ2) is 7.90. The van der Waals surface area contributed by atoms with Crippen LogP contribution in [0.5, 0.6) is 5.75 Å². The molecule has 0 bridgehead atoms. The Bertz CT molecular complexity index is 863. The molecule has 0 aliphatic carbocycles. The van der Waals surface area contributed by atoms with Crippen molar-refractivity contribution in [2.45, 2.75) is 19.4 Å². The second-order valence-corrected chi connectivity index (χ2v) is 6.35. The summed E-state index contributed by atoms with van der Waals surface area (Å²) in [6.07, 6.45) is 0.521. The third-order valence-electron chi connectivity index (χ3n) is 4.32. The molecule has 0 aromatic heterocycles. The molecule has 1 fully saturated rings. The fraction of sp³-hybridized carbons (Fsp3) is 0.250. The molecule has 0 saturated carbocycles. The van der Waals surface area contributed by atoms with Crippen LogP contribution in [0, 0.1) is 6.92 Å². The van der Waals surface area contributed by atoms with E-state index in [0.29, 0.717) is 18.5 Å². The van der Waals surface area contributed by atoms with E-state index in [2.05, 4.69) is 5.32 Å². The average Bonchev–Trinajstić information content (AvgIpc) is 3.01. The van der Waals surface area contributed by atoms with E-state index in [4.69, 9.17) is 9.84 Å². The van der Waals surface area contributed by atoms with Crippen LogP contribution in [0.25, 0.3) is 0 Å². The van der Waals surface area contributed by atoms with Crippen molar-refractivity contribution in [2.24, 2.45) is 0 Å². The summed E-state index contributed by atoms with van der Waals surface area (Å²) in [4.78, 5) is 37.3. The number of rotatable bonds is 6. The SMILES string of the molecule is Cc1ccc(N2CCC(NC(=O)c3cccc(OCC(=O)O)c3)C2=O)cc1. The summed E-state index contributed by atoms with van der Waals surface area (Å²) in [6, 6.07) is 13.3. The number of aryl methyl sites for hydroxylation is 1. The molecule has 0 radical (unpaired) electrons. The summed E-state index contributed by atoms with van der Waals surface area (Å²) in [5, 5.41) is 11.4. The minimum atomic E-state index is -1.10. The highest BCUT2D eigenvalue weighted by Crippen LogP contribution is 2.22. The molecule has 1 unspecified atom stereocenters. The van der Waals surface area contributed by atoms with Gasteiger partial charge in [0.1, 0.15) is 11.8 Å². The van der Waals surface area contributed by atoms with E-state index < -0.39 is 24.5 Å². The summed E-state index contributed by atoms with van der Waals surface area (Å²) < 4.78 is 5.08. The van der Waals surface area contributed by atoms with E-state index in [1.807, 2.05) is 31.2 Å². The Hall–Kier alpha value is -3.35. The van der Waals surface area contributed by atoms with Gasteiger partial charge in [-0.25, -0.2) is 4.79 Å². The van der Waals surface area contributed by atoms with Crippen LogP contribution in [-0.4, -0.2) is 42.1 Å². The molecule has 1 saturated heterocycles. The van der Waals surface area contributed by atoms with Crippen molar-refractivity contribution in [3.05, 3.63) is 59.7 Å². The highest BCUT2D eigenvalue weighted by atomic mass is 16.5. The third kappa shape index (κ3) is 4.44. The highest BCUT2D eigenvalue weighted by molar-refractivity contribution is 6.04. The van der Waals surface area contributed by atoms with Gasteiger partial charge in [-0.05, 0) is 43.7 Å². The first-order chi connectivity index (χ1) is 12.9. The number of aliphatic carboxylic acids is 1. The summed E-state index contributed by atoms with van der Waals surface area (Å²) in [5.41, 5.74) is 2.23. The predicted octanol–water partition coefficient (Wildman–Crippen LogP) is 1.99. The van der Waals surface area contributed by atoms with E-state index in [-0.39, 0.29) is 11.7 Å². The molecule has 2 N–H and O–H groups in total. The van der Waals surface area contributed by atoms with Crippen molar-refractivity contribution >= 4 is 23.5 Å². The Balaban J connectivity index is 1.64. The Kier molecular flexibility index (Phi) is 5.40. The first kappa shape index (κ1) is 18.4. The van der Waals surface area contributed by atoms with Crippen LogP contribution in [0.15, 0.2) is 48.5 Å². The van der Waals surface area contributed by atoms with Crippen molar-refractivity contribution in [3.8, 4) is 5.75 Å². The smallest absolute Gasteiger partial charge is 0.341 e. The molecular formula is C20H20N2O5. The standard InChI is InChI=1S/C20H20N2O5/c1-13-5-7-15(8-6-13)22-10-9-17(20(22)26)21-19(25)14-3-2-4-16(11-14)27-12-18(23)24/h2-8,11,17H,9-10,12H2,1H3,(H,21,25)(H,23,24). The first-order valence-corrected chi connectivity index (χ1v) is 8.57. The van der Waals surface area contributed by atoms with Gasteiger partial charge in [0.2, 0.25) is 5.91 Å². The van der Waals surface area contributed by atoms with E-state index >= 15 is 0 Å². The number of carbonyl (C=O) groups is 3. The number of carbonyl (C=O) groups excluding carboxylic acids is 2. The summed E-state index contributed by atoms with van der Waals surface area (Å²) in [5.74, 6) is -1.37. The van der Waals surface area contributed by atoms with Crippen LogP contribution in [0.2, 0.25) is 0 Å². The highest BCUT2D eigenvalue weighted by Gasteiger charge is 2.33. The third-order valence-corrected chi connectivity index (χ3v) is 4.32. The van der Waals surface area contributed by atoms with E-state index in [9.17, 15) is 14.4 Å². The lowest BCUT2D eigenvalue weighted by Gasteiger charge is -2.17. The lowest BCUT2D eigenvalue weighted by molar-refractivity contribution is -0.139. The van der Waals surface area contributed by atoms with Crippen LogP contribution in [-0.2, 0) is 9.59 Å². The minimum absolute atomic E-state index is 0.148. The average molecular weight is 368 g/mol. The monoisotopic (exact) mass is 368 g/mol. The van der Waals surface area contributed by atoms with E-state index in [1.165, 1.54) is 6.07 Å². The largest absolute Gasteiger partial charge is 0.482 e. The van der Waals surface area contributed by atoms with Gasteiger partial charge in [0.15, 0.2) is 6.61 Å². The molecule has 2 aromatic carbocycles. The Morgan fingerprint density at radius 3 is 2.67 bits per heavy atom. The van der Waals surface area contributed by atoms with Gasteiger partial charge in [-0.2, -0.15) is 0 Å². The maximum atomic E-state index is 12.6. The second-order valence-electron chi connectivity index (χ2n) is 6.35. The molecule has 1 atom stereocenters. The number of nitrogens with one attached hydrogen (secondary N) is 1. The van der Waals surface area contributed by atoms with Crippen LogP contribution in [0.1, 0.15) is 22.3 Å². The predicted molar refractivity (Wildman–Crippen MR) is 99.0 cm³/mol. The zero-order valence-corrected chi connectivity index (χ0v) is 14.8. The number of hydrogen-bond acceptors (Lipinski definition) is 4. The van der Waals surface area contributed by atoms with Gasteiger partial charge in [0, 0.05) is 17.8 Å². The van der Waals surface area contributed by atoms with Crippen LogP contribution >= 0.6 is 0 Å². The molecule has 27 heavy (non-hydrogen) atoms. The zero-order chi connectivity index (χ0) is 19.4. The van der Waals surface area contributed by atoms with Crippen LogP contribution < -0.4 is 15.0 Å². The molecule has 1 heterocycles. The maximum Gasteiger partial charge on any atom is 0.341 e. The fourth-order valence-corrected chi connectivity index (χ4v) is 2.91. The molecule has 2 amide bonds. The number of ether oxygens (including phenoxy) is 1. The Labute approximate surface area is 156 Å². The van der Waals surface area contributed by atoms with Gasteiger partial charge in [-0.1, -0.05) is 23.8 Å². The quantitative estimate of drug-likeness (QED) is 0.813. The van der Waals surface area contributed by atoms with Crippen molar-refractivity contribution in [3.63, 3.8) is 0 Å². The number of nitrogens with zero attached hydrogens (tertiary/aromatic N) is 1. The van der Waals surface area contributed by atoms with Gasteiger partial charge < -0.3 is 20.1 Å². The Morgan fingerprint density at radius 1 is 1.22 bits per heavy atom. The lowest BCUT2D eigenvalue weighted by Crippen LogP contribution is -2.41. The molecule has 140 valence electrons. The van der Waals surface area contributed by atoms with Crippen molar-refractivity contribution in [1.29, 1.82) is 0 Å². The number of amides is 2. The number of hydrogen-bond donors (Lipinski definition) is 2. The summed E-state index contributed by atoms with van der Waals surface area (Å²) in [6.45, 7) is 2.03. The summed E-state index contributed by atoms with van der Waals surface area (Å²) >= 11 is 0. The normalized spacial score (nSPS) is 16.3. The van der Waals surface area contributed by atoms with Gasteiger partial charge in [-0.15, -0.1) is 0 Å². The Morgan fingerprint density at radius 2 is 1.96 bits per heavy atom. The van der Waals surface area contributed by atoms with E-state index in [1.54, 1.807) is 23.1 Å². The maximum absolute atomic E-state index is 12.6. The van der Waals surface area contributed by atoms with Crippen molar-refractivity contribution in [1.82, 2.24) is 5.32 Å². The molecule has 1 aliphatic heterocycles. The van der Waals surface area contributed by atoms with Crippen LogP contribution in [0.3, 0.4) is 0 Å². The van der Waals surface area contributed by atoms with Crippen LogP contribution in [0.4, 0.5) is 5.69 Å². The molecule has 3 rings (SSSR count). The van der Waals surface area contributed by atoms with Gasteiger partial charge in [0.05, 0.1) is 0 Å². The topological polar surface area (TPSA) is 95.9 Å². The lowest BCUT2D eigenvalue weighted by atomic mass is 10.1. The fourth-order valence-electron chi connectivity index (χ4n) is 2.91. The van der Waals surface area contributed by atoms with Crippen molar-refractivity contribution < 1.29 is 24.2 Å². The molecule has 7 nitrogen and oxygen atoms in total. The molecular weight excluding hydrogens is 348 g/mol. The van der Waals surface area contributed by atoms with Crippen molar-refractivity contribution in [2.75, 3.05) is 18.1 Å². The van der Waals surface area contributed by atoms with Gasteiger partial charge in [-0.3, -0.25) is 9.59 Å². The van der Waals surface area contributed by atoms with E-state index in [0.717, 1.165) is 11.3 Å². The van der Waals surface area contributed by atoms with Gasteiger partial charge >= 0.3 is 5.97 Å². The number of benzene rings is 2. The minimum Gasteiger partial charge on any atom is -0.482 e. The van der Waals surface area contributed by atoms with Gasteiger partial charge in [0.25, 0.3) is 5.91 Å². The number of carboxylic acid groups (broad SMARTS) is 1. The zero-order valence-electron chi connectivity index (χ0n) is 14.8. The summed E-state index contributed by atoms with van der Waals surface area (Å²) in [7, 11) is 0. The molecule has 7 heteroatoms. The molecule has 0 spiro atoms. The first-order valence-electron chi connectivity index (χ1n) is 8.57. The molecule has 1 aliphatic rings.